The van der Waals surface area contributed by atoms with Gasteiger partial charge in [-0.25, -0.2) is 4.39 Å². The van der Waals surface area contributed by atoms with E-state index in [-0.39, 0.29) is 24.1 Å². The number of rotatable bonds is 7. The van der Waals surface area contributed by atoms with Crippen molar-refractivity contribution in [3.05, 3.63) is 81.8 Å². The molecule has 1 amide bonds. The minimum Gasteiger partial charge on any atom is -0.497 e. The Morgan fingerprint density at radius 3 is 2.48 bits per heavy atom. The molecule has 0 N–H and O–H groups in total. The Morgan fingerprint density at radius 2 is 1.77 bits per heavy atom. The lowest BCUT2D eigenvalue weighted by molar-refractivity contribution is 0.0633. The number of piperazine rings is 1. The Balaban J connectivity index is 1.27. The molecular formula is C24H25FN2O3S. The van der Waals surface area contributed by atoms with E-state index in [0.717, 1.165) is 30.9 Å². The molecule has 5 nitrogen and oxygen atoms in total. The monoisotopic (exact) mass is 440 g/mol. The zero-order valence-electron chi connectivity index (χ0n) is 17.4. The second-order valence-corrected chi connectivity index (χ2v) is 8.37. The van der Waals surface area contributed by atoms with E-state index in [0.29, 0.717) is 18.0 Å². The van der Waals surface area contributed by atoms with Crippen molar-refractivity contribution < 1.29 is 18.7 Å². The van der Waals surface area contributed by atoms with Crippen LogP contribution >= 0.6 is 11.3 Å². The summed E-state index contributed by atoms with van der Waals surface area (Å²) in [5.74, 6) is 0.733. The van der Waals surface area contributed by atoms with Gasteiger partial charge in [0.05, 0.1) is 12.0 Å². The van der Waals surface area contributed by atoms with E-state index >= 15 is 0 Å². The second kappa shape index (κ2) is 9.94. The van der Waals surface area contributed by atoms with Gasteiger partial charge in [0.25, 0.3) is 5.91 Å². The smallest absolute Gasteiger partial charge is 0.264 e. The predicted octanol–water partition coefficient (Wildman–Crippen LogP) is 4.43. The maximum Gasteiger partial charge on any atom is 0.264 e. The van der Waals surface area contributed by atoms with Crippen molar-refractivity contribution in [3.8, 4) is 11.5 Å². The van der Waals surface area contributed by atoms with Crippen molar-refractivity contribution in [3.63, 3.8) is 0 Å². The highest BCUT2D eigenvalue weighted by Crippen LogP contribution is 2.22. The van der Waals surface area contributed by atoms with Gasteiger partial charge in [-0.3, -0.25) is 9.69 Å². The normalized spacial score (nSPS) is 14.5. The number of thiophene rings is 1. The van der Waals surface area contributed by atoms with E-state index in [1.54, 1.807) is 25.3 Å². The molecule has 1 aliphatic heterocycles. The minimum atomic E-state index is -0.387. The predicted molar refractivity (Wildman–Crippen MR) is 119 cm³/mol. The number of halogens is 1. The zero-order chi connectivity index (χ0) is 21.6. The third-order valence-electron chi connectivity index (χ3n) is 5.32. The average molecular weight is 441 g/mol. The number of benzene rings is 2. The molecule has 1 aromatic heterocycles. The van der Waals surface area contributed by atoms with Gasteiger partial charge in [0.15, 0.2) is 11.6 Å². The van der Waals surface area contributed by atoms with Crippen molar-refractivity contribution in [2.75, 3.05) is 33.3 Å². The quantitative estimate of drug-likeness (QED) is 0.545. The molecule has 0 bridgehead atoms. The van der Waals surface area contributed by atoms with E-state index in [1.165, 1.54) is 23.0 Å². The lowest BCUT2D eigenvalue weighted by Gasteiger charge is -2.34. The second-order valence-electron chi connectivity index (χ2n) is 7.45. The van der Waals surface area contributed by atoms with Gasteiger partial charge >= 0.3 is 0 Å². The zero-order valence-corrected chi connectivity index (χ0v) is 18.2. The largest absolute Gasteiger partial charge is 0.497 e. The molecule has 1 saturated heterocycles. The first-order valence-corrected chi connectivity index (χ1v) is 11.1. The van der Waals surface area contributed by atoms with Crippen LogP contribution in [-0.4, -0.2) is 49.0 Å². The number of carbonyl (C=O) groups is 1. The molecule has 1 aliphatic rings. The molecule has 4 rings (SSSR count). The third kappa shape index (κ3) is 5.42. The van der Waals surface area contributed by atoms with Crippen molar-refractivity contribution in [1.29, 1.82) is 0 Å². The molecule has 0 atom stereocenters. The summed E-state index contributed by atoms with van der Waals surface area (Å²) in [7, 11) is 1.66. The topological polar surface area (TPSA) is 42.0 Å². The highest BCUT2D eigenvalue weighted by atomic mass is 32.1. The summed E-state index contributed by atoms with van der Waals surface area (Å²) in [5.41, 5.74) is 2.10. The number of carbonyl (C=O) groups excluding carboxylic acids is 1. The Morgan fingerprint density at radius 1 is 1.03 bits per heavy atom. The summed E-state index contributed by atoms with van der Waals surface area (Å²) in [6, 6.07) is 16.3. The first kappa shape index (κ1) is 21.3. The van der Waals surface area contributed by atoms with Gasteiger partial charge in [-0.2, -0.15) is 0 Å². The van der Waals surface area contributed by atoms with Gasteiger partial charge in [-0.1, -0.05) is 24.3 Å². The van der Waals surface area contributed by atoms with Crippen molar-refractivity contribution in [2.45, 2.75) is 13.2 Å². The number of ether oxygens (including phenoxy) is 2. The summed E-state index contributed by atoms with van der Waals surface area (Å²) in [6.07, 6.45) is 0. The third-order valence-corrected chi connectivity index (χ3v) is 6.29. The first-order chi connectivity index (χ1) is 15.1. The Bertz CT molecular complexity index is 1010. The molecule has 0 saturated carbocycles. The molecule has 0 radical (unpaired) electrons. The average Bonchev–Trinajstić information content (AvgIpc) is 3.28. The lowest BCUT2D eigenvalue weighted by atomic mass is 10.2. The Labute approximate surface area is 185 Å². The SMILES string of the molecule is COc1ccc(CN2CCN(C(=O)c3cc(COc4ccccc4F)cs3)CC2)cc1. The van der Waals surface area contributed by atoms with Crippen LogP contribution in [0.2, 0.25) is 0 Å². The fraction of sp³-hybridized carbons (Fsp3) is 0.292. The van der Waals surface area contributed by atoms with Gasteiger partial charge < -0.3 is 14.4 Å². The van der Waals surface area contributed by atoms with Crippen LogP contribution < -0.4 is 9.47 Å². The van der Waals surface area contributed by atoms with Crippen LogP contribution in [0.3, 0.4) is 0 Å². The number of amides is 1. The van der Waals surface area contributed by atoms with Crippen LogP contribution in [0.4, 0.5) is 4.39 Å². The fourth-order valence-electron chi connectivity index (χ4n) is 3.54. The van der Waals surface area contributed by atoms with E-state index in [9.17, 15) is 9.18 Å². The summed E-state index contributed by atoms with van der Waals surface area (Å²) in [6.45, 7) is 4.18. The van der Waals surface area contributed by atoms with E-state index < -0.39 is 0 Å². The van der Waals surface area contributed by atoms with Crippen molar-refractivity contribution in [1.82, 2.24) is 9.80 Å². The summed E-state index contributed by atoms with van der Waals surface area (Å²) >= 11 is 1.41. The van der Waals surface area contributed by atoms with Crippen LogP contribution in [0.25, 0.3) is 0 Å². The maximum atomic E-state index is 13.7. The van der Waals surface area contributed by atoms with Crippen LogP contribution in [0.15, 0.2) is 60.0 Å². The van der Waals surface area contributed by atoms with E-state index in [1.807, 2.05) is 28.5 Å². The molecule has 0 unspecified atom stereocenters. The van der Waals surface area contributed by atoms with Gasteiger partial charge in [0.1, 0.15) is 12.4 Å². The number of hydrogen-bond acceptors (Lipinski definition) is 5. The molecule has 2 aromatic carbocycles. The van der Waals surface area contributed by atoms with Gasteiger partial charge in [-0.05, 0) is 41.3 Å². The van der Waals surface area contributed by atoms with Crippen LogP contribution in [-0.2, 0) is 13.2 Å². The fourth-order valence-corrected chi connectivity index (χ4v) is 4.40. The molecule has 0 spiro atoms. The summed E-state index contributed by atoms with van der Waals surface area (Å²) < 4.78 is 24.4. The standard InChI is InChI=1S/C24H25FN2O3S/c1-29-20-8-6-18(7-9-20)15-26-10-12-27(13-11-26)24(28)23-14-19(17-31-23)16-30-22-5-3-2-4-21(22)25/h2-9,14,17H,10-13,15-16H2,1H3. The number of para-hydroxylation sites is 1. The summed E-state index contributed by atoms with van der Waals surface area (Å²) in [5, 5.41) is 1.90. The summed E-state index contributed by atoms with van der Waals surface area (Å²) in [4.78, 5) is 17.8. The first-order valence-electron chi connectivity index (χ1n) is 10.2. The molecule has 1 fully saturated rings. The van der Waals surface area contributed by atoms with Crippen molar-refractivity contribution >= 4 is 17.2 Å². The lowest BCUT2D eigenvalue weighted by Crippen LogP contribution is -2.48. The van der Waals surface area contributed by atoms with E-state index in [2.05, 4.69) is 17.0 Å². The number of hydrogen-bond donors (Lipinski definition) is 0. The molecule has 2 heterocycles. The van der Waals surface area contributed by atoms with Crippen LogP contribution in [0.1, 0.15) is 20.8 Å². The maximum absolute atomic E-state index is 13.7. The van der Waals surface area contributed by atoms with Crippen LogP contribution in [0, 0.1) is 5.82 Å². The highest BCUT2D eigenvalue weighted by Gasteiger charge is 2.23. The minimum absolute atomic E-state index is 0.0474. The van der Waals surface area contributed by atoms with Gasteiger partial charge in [0, 0.05) is 38.3 Å². The van der Waals surface area contributed by atoms with Crippen LogP contribution in [0.5, 0.6) is 11.5 Å². The molecule has 7 heteroatoms. The molecule has 3 aromatic rings. The van der Waals surface area contributed by atoms with Gasteiger partial charge in [-0.15, -0.1) is 11.3 Å². The van der Waals surface area contributed by atoms with E-state index in [4.69, 9.17) is 9.47 Å². The Hall–Kier alpha value is -2.90. The molecule has 162 valence electrons. The molecule has 0 aliphatic carbocycles. The van der Waals surface area contributed by atoms with Crippen molar-refractivity contribution in [2.24, 2.45) is 0 Å². The molecular weight excluding hydrogens is 415 g/mol. The highest BCUT2D eigenvalue weighted by molar-refractivity contribution is 7.12. The number of methoxy groups -OCH3 is 1. The number of nitrogens with zero attached hydrogens (tertiary/aromatic N) is 2. The Kier molecular flexibility index (Phi) is 6.84. The van der Waals surface area contributed by atoms with Gasteiger partial charge in [0.2, 0.25) is 0 Å². The molecule has 31 heavy (non-hydrogen) atoms.